The van der Waals surface area contributed by atoms with E-state index in [0.29, 0.717) is 6.54 Å². The minimum atomic E-state index is -0.108. The molecule has 0 radical (unpaired) electrons. The largest absolute Gasteiger partial charge is 0.451 e. The van der Waals surface area contributed by atoms with Gasteiger partial charge in [0.25, 0.3) is 0 Å². The van der Waals surface area contributed by atoms with Crippen LogP contribution in [0, 0.1) is 0 Å². The van der Waals surface area contributed by atoms with Crippen LogP contribution in [0.5, 0.6) is 11.5 Å². The van der Waals surface area contributed by atoms with E-state index in [9.17, 15) is 0 Å². The minimum Gasteiger partial charge on any atom is -0.451 e. The highest BCUT2D eigenvalue weighted by atomic mass is 16.7. The number of rotatable bonds is 3. The molecule has 0 spiro atoms. The summed E-state index contributed by atoms with van der Waals surface area (Å²) in [5, 5.41) is 0. The lowest BCUT2D eigenvalue weighted by molar-refractivity contribution is 0.0413. The topological polar surface area (TPSA) is 44.5 Å². The van der Waals surface area contributed by atoms with E-state index in [-0.39, 0.29) is 6.29 Å². The predicted octanol–water partition coefficient (Wildman–Crippen LogP) is 2.04. The summed E-state index contributed by atoms with van der Waals surface area (Å²) in [7, 11) is 0. The first kappa shape index (κ1) is 9.34. The highest BCUT2D eigenvalue weighted by Gasteiger charge is 2.22. The van der Waals surface area contributed by atoms with E-state index in [2.05, 4.69) is 6.92 Å². The Hall–Kier alpha value is -1.22. The Bertz CT molecular complexity index is 325. The molecule has 0 saturated heterocycles. The molecule has 1 heterocycles. The number of hydrogen-bond acceptors (Lipinski definition) is 3. The van der Waals surface area contributed by atoms with Crippen LogP contribution in [0.25, 0.3) is 0 Å². The van der Waals surface area contributed by atoms with Crippen molar-refractivity contribution in [2.24, 2.45) is 5.73 Å². The third kappa shape index (κ3) is 1.68. The molecule has 1 unspecified atom stereocenters. The second kappa shape index (κ2) is 3.88. The molecule has 2 rings (SSSR count). The van der Waals surface area contributed by atoms with Crippen LogP contribution >= 0.6 is 0 Å². The fourth-order valence-corrected chi connectivity index (χ4v) is 1.53. The number of nitrogens with two attached hydrogens (primary N) is 1. The van der Waals surface area contributed by atoms with Gasteiger partial charge in [0.1, 0.15) is 0 Å². The van der Waals surface area contributed by atoms with E-state index >= 15 is 0 Å². The van der Waals surface area contributed by atoms with Crippen LogP contribution in [0.2, 0.25) is 0 Å². The maximum Gasteiger partial charge on any atom is 0.241 e. The van der Waals surface area contributed by atoms with Crippen molar-refractivity contribution in [1.82, 2.24) is 0 Å². The summed E-state index contributed by atoms with van der Waals surface area (Å²) in [6.45, 7) is 2.65. The smallest absolute Gasteiger partial charge is 0.241 e. The van der Waals surface area contributed by atoms with E-state index in [0.717, 1.165) is 29.9 Å². The predicted molar refractivity (Wildman–Crippen MR) is 54.3 cm³/mol. The molecule has 0 aliphatic carbocycles. The van der Waals surface area contributed by atoms with Gasteiger partial charge in [-0.1, -0.05) is 13.0 Å². The fraction of sp³-hybridized carbons (Fsp3) is 0.455. The summed E-state index contributed by atoms with van der Waals surface area (Å²) in [6.07, 6.45) is 1.87. The van der Waals surface area contributed by atoms with E-state index < -0.39 is 0 Å². The van der Waals surface area contributed by atoms with Crippen LogP contribution in [0.1, 0.15) is 25.3 Å². The molecular formula is C11H15NO2. The number of hydrogen-bond donors (Lipinski definition) is 1. The van der Waals surface area contributed by atoms with Crippen molar-refractivity contribution < 1.29 is 9.47 Å². The van der Waals surface area contributed by atoms with Gasteiger partial charge in [0.2, 0.25) is 6.29 Å². The zero-order valence-electron chi connectivity index (χ0n) is 8.32. The van der Waals surface area contributed by atoms with Crippen molar-refractivity contribution in [2.45, 2.75) is 32.6 Å². The number of benzene rings is 1. The standard InChI is InChI=1S/C11H15NO2/c1-2-3-11-13-9-5-4-8(7-12)6-10(9)14-11/h4-6,11H,2-3,7,12H2,1H3. The van der Waals surface area contributed by atoms with E-state index in [1.54, 1.807) is 0 Å². The summed E-state index contributed by atoms with van der Waals surface area (Å²) < 4.78 is 11.2. The summed E-state index contributed by atoms with van der Waals surface area (Å²) in [4.78, 5) is 0. The molecule has 2 N–H and O–H groups in total. The first-order chi connectivity index (χ1) is 6.83. The Morgan fingerprint density at radius 3 is 2.79 bits per heavy atom. The molecule has 0 bridgehead atoms. The van der Waals surface area contributed by atoms with Crippen LogP contribution in [-0.4, -0.2) is 6.29 Å². The van der Waals surface area contributed by atoms with E-state index in [1.807, 2.05) is 18.2 Å². The summed E-state index contributed by atoms with van der Waals surface area (Å²) in [6, 6.07) is 5.84. The zero-order valence-corrected chi connectivity index (χ0v) is 8.32. The Balaban J connectivity index is 2.14. The molecule has 0 amide bonds. The lowest BCUT2D eigenvalue weighted by Crippen LogP contribution is -2.16. The Kier molecular flexibility index (Phi) is 2.59. The molecule has 1 atom stereocenters. The summed E-state index contributed by atoms with van der Waals surface area (Å²) in [5.41, 5.74) is 6.61. The molecule has 0 aromatic heterocycles. The average Bonchev–Trinajstić information content (AvgIpc) is 2.59. The van der Waals surface area contributed by atoms with Gasteiger partial charge in [0.15, 0.2) is 11.5 Å². The second-order valence-electron chi connectivity index (χ2n) is 3.44. The first-order valence-corrected chi connectivity index (χ1v) is 4.99. The third-order valence-corrected chi connectivity index (χ3v) is 2.29. The van der Waals surface area contributed by atoms with Crippen molar-refractivity contribution in [3.8, 4) is 11.5 Å². The number of ether oxygens (including phenoxy) is 2. The summed E-state index contributed by atoms with van der Waals surface area (Å²) >= 11 is 0. The minimum absolute atomic E-state index is 0.108. The van der Waals surface area contributed by atoms with Gasteiger partial charge in [-0.15, -0.1) is 0 Å². The lowest BCUT2D eigenvalue weighted by atomic mass is 10.2. The van der Waals surface area contributed by atoms with Crippen LogP contribution in [0.15, 0.2) is 18.2 Å². The molecule has 3 nitrogen and oxygen atoms in total. The molecular weight excluding hydrogens is 178 g/mol. The average molecular weight is 193 g/mol. The molecule has 76 valence electrons. The van der Waals surface area contributed by atoms with Gasteiger partial charge in [-0.2, -0.15) is 0 Å². The van der Waals surface area contributed by atoms with Crippen molar-refractivity contribution in [2.75, 3.05) is 0 Å². The van der Waals surface area contributed by atoms with Gasteiger partial charge in [-0.3, -0.25) is 0 Å². The highest BCUT2D eigenvalue weighted by molar-refractivity contribution is 5.44. The van der Waals surface area contributed by atoms with Crippen LogP contribution in [-0.2, 0) is 6.54 Å². The van der Waals surface area contributed by atoms with Gasteiger partial charge in [0, 0.05) is 13.0 Å². The van der Waals surface area contributed by atoms with Gasteiger partial charge in [0.05, 0.1) is 0 Å². The van der Waals surface area contributed by atoms with E-state index in [1.165, 1.54) is 0 Å². The van der Waals surface area contributed by atoms with E-state index in [4.69, 9.17) is 15.2 Å². The highest BCUT2D eigenvalue weighted by Crippen LogP contribution is 2.36. The first-order valence-electron chi connectivity index (χ1n) is 4.99. The van der Waals surface area contributed by atoms with Gasteiger partial charge in [-0.25, -0.2) is 0 Å². The third-order valence-electron chi connectivity index (χ3n) is 2.29. The molecule has 1 aromatic carbocycles. The lowest BCUT2D eigenvalue weighted by Gasteiger charge is -2.07. The molecule has 1 aliphatic rings. The Labute approximate surface area is 83.8 Å². The van der Waals surface area contributed by atoms with Crippen molar-refractivity contribution >= 4 is 0 Å². The van der Waals surface area contributed by atoms with Gasteiger partial charge < -0.3 is 15.2 Å². The maximum atomic E-state index is 5.61. The SMILES string of the molecule is CCCC1Oc2ccc(CN)cc2O1. The van der Waals surface area contributed by atoms with Gasteiger partial charge in [-0.05, 0) is 24.1 Å². The van der Waals surface area contributed by atoms with Gasteiger partial charge >= 0.3 is 0 Å². The Morgan fingerprint density at radius 1 is 1.29 bits per heavy atom. The normalized spacial score (nSPS) is 18.6. The van der Waals surface area contributed by atoms with Crippen LogP contribution in [0.4, 0.5) is 0 Å². The molecule has 1 aliphatic heterocycles. The number of fused-ring (bicyclic) bond motifs is 1. The van der Waals surface area contributed by atoms with Crippen LogP contribution < -0.4 is 15.2 Å². The summed E-state index contributed by atoms with van der Waals surface area (Å²) in [5.74, 6) is 1.66. The molecule has 0 saturated carbocycles. The quantitative estimate of drug-likeness (QED) is 0.799. The monoisotopic (exact) mass is 193 g/mol. The Morgan fingerprint density at radius 2 is 2.07 bits per heavy atom. The van der Waals surface area contributed by atoms with Crippen LogP contribution in [0.3, 0.4) is 0 Å². The fourth-order valence-electron chi connectivity index (χ4n) is 1.53. The van der Waals surface area contributed by atoms with Crippen molar-refractivity contribution in [1.29, 1.82) is 0 Å². The second-order valence-corrected chi connectivity index (χ2v) is 3.44. The van der Waals surface area contributed by atoms with Crippen molar-refractivity contribution in [3.63, 3.8) is 0 Å². The maximum absolute atomic E-state index is 5.61. The zero-order chi connectivity index (χ0) is 9.97. The van der Waals surface area contributed by atoms with Crippen molar-refractivity contribution in [3.05, 3.63) is 23.8 Å². The molecule has 3 heteroatoms. The molecule has 0 fully saturated rings. The molecule has 14 heavy (non-hydrogen) atoms. The molecule has 1 aromatic rings.